The lowest BCUT2D eigenvalue weighted by Gasteiger charge is -2.07. The van der Waals surface area contributed by atoms with Gasteiger partial charge in [0.25, 0.3) is 5.91 Å². The molecule has 0 saturated carbocycles. The molecule has 0 bridgehead atoms. The Morgan fingerprint density at radius 1 is 1.22 bits per heavy atom. The summed E-state index contributed by atoms with van der Waals surface area (Å²) in [6.07, 6.45) is 3.27. The van der Waals surface area contributed by atoms with Gasteiger partial charge in [0.1, 0.15) is 0 Å². The molecule has 3 aromatic rings. The molecule has 2 heterocycles. The fourth-order valence-corrected chi connectivity index (χ4v) is 2.48. The van der Waals surface area contributed by atoms with E-state index < -0.39 is 0 Å². The Hall–Kier alpha value is -3.40. The largest absolute Gasteiger partial charge is 0.383 e. The number of methoxy groups -OCH3 is 1. The number of aromatic amines is 1. The van der Waals surface area contributed by atoms with Crippen molar-refractivity contribution in [2.45, 2.75) is 6.54 Å². The third-order valence-electron chi connectivity index (χ3n) is 3.80. The van der Waals surface area contributed by atoms with E-state index in [0.717, 1.165) is 10.9 Å². The predicted octanol–water partition coefficient (Wildman–Crippen LogP) is 0.957. The zero-order valence-corrected chi connectivity index (χ0v) is 14.9. The molecule has 2 aromatic heterocycles. The number of urea groups is 1. The molecule has 142 valence electrons. The third-order valence-corrected chi connectivity index (χ3v) is 3.80. The van der Waals surface area contributed by atoms with Gasteiger partial charge in [-0.05, 0) is 6.07 Å². The molecule has 0 unspecified atom stereocenters. The van der Waals surface area contributed by atoms with E-state index in [0.29, 0.717) is 24.5 Å². The number of anilines is 1. The zero-order chi connectivity index (χ0) is 19.1. The number of rotatable bonds is 8. The quantitative estimate of drug-likeness (QED) is 0.439. The summed E-state index contributed by atoms with van der Waals surface area (Å²) in [4.78, 5) is 24.1. The van der Waals surface area contributed by atoms with Gasteiger partial charge in [-0.2, -0.15) is 10.2 Å². The molecular weight excluding hydrogens is 350 g/mol. The Morgan fingerprint density at radius 3 is 2.89 bits per heavy atom. The maximum Gasteiger partial charge on any atom is 0.319 e. The van der Waals surface area contributed by atoms with E-state index in [1.165, 1.54) is 0 Å². The van der Waals surface area contributed by atoms with Crippen LogP contribution in [-0.4, -0.2) is 58.7 Å². The number of amides is 3. The van der Waals surface area contributed by atoms with E-state index in [1.807, 2.05) is 24.3 Å². The van der Waals surface area contributed by atoms with Gasteiger partial charge in [-0.1, -0.05) is 18.2 Å². The second-order valence-corrected chi connectivity index (χ2v) is 5.74. The number of aromatic nitrogens is 4. The number of H-pyrrole nitrogens is 1. The molecule has 4 N–H and O–H groups in total. The summed E-state index contributed by atoms with van der Waals surface area (Å²) in [7, 11) is 1.61. The second kappa shape index (κ2) is 8.81. The molecule has 0 fully saturated rings. The Labute approximate surface area is 155 Å². The molecule has 10 heteroatoms. The minimum absolute atomic E-state index is 0.276. The maximum absolute atomic E-state index is 12.2. The summed E-state index contributed by atoms with van der Waals surface area (Å²) in [5.41, 5.74) is 1.71. The molecule has 3 amide bonds. The van der Waals surface area contributed by atoms with Crippen molar-refractivity contribution in [1.82, 2.24) is 30.6 Å². The summed E-state index contributed by atoms with van der Waals surface area (Å²) in [5.74, 6) is -0.297. The van der Waals surface area contributed by atoms with Crippen molar-refractivity contribution in [1.29, 1.82) is 0 Å². The lowest BCUT2D eigenvalue weighted by atomic mass is 10.2. The summed E-state index contributed by atoms with van der Waals surface area (Å²) in [6, 6.07) is 7.01. The van der Waals surface area contributed by atoms with Gasteiger partial charge in [0.05, 0.1) is 30.6 Å². The topological polar surface area (TPSA) is 126 Å². The van der Waals surface area contributed by atoms with Crippen LogP contribution in [0.3, 0.4) is 0 Å². The first-order chi connectivity index (χ1) is 13.2. The zero-order valence-electron chi connectivity index (χ0n) is 14.9. The normalized spacial score (nSPS) is 10.7. The number of benzene rings is 1. The van der Waals surface area contributed by atoms with Crippen LogP contribution in [0.1, 0.15) is 10.5 Å². The maximum atomic E-state index is 12.2. The molecule has 10 nitrogen and oxygen atoms in total. The van der Waals surface area contributed by atoms with Crippen LogP contribution in [-0.2, 0) is 11.3 Å². The summed E-state index contributed by atoms with van der Waals surface area (Å²) >= 11 is 0. The minimum atomic E-state index is -0.374. The Bertz CT molecular complexity index is 918. The van der Waals surface area contributed by atoms with Gasteiger partial charge in [-0.25, -0.2) is 4.79 Å². The van der Waals surface area contributed by atoms with Crippen LogP contribution in [0.25, 0.3) is 10.9 Å². The third kappa shape index (κ3) is 4.82. The highest BCUT2D eigenvalue weighted by Gasteiger charge is 2.13. The van der Waals surface area contributed by atoms with Crippen LogP contribution in [0.4, 0.5) is 10.5 Å². The Balaban J connectivity index is 1.40. The lowest BCUT2D eigenvalue weighted by molar-refractivity contribution is 0.0950. The molecule has 3 rings (SSSR count). The van der Waals surface area contributed by atoms with Crippen molar-refractivity contribution in [3.05, 3.63) is 42.4 Å². The number of hydrogen-bond acceptors (Lipinski definition) is 5. The standard InChI is InChI=1S/C17H21N7O3/c1-27-9-8-24-11-12(10-20-24)21-17(26)19-7-6-18-16(25)15-13-4-2-3-5-14(13)22-23-15/h2-5,10-11H,6-9H2,1H3,(H,18,25)(H,22,23)(H2,19,21,26). The highest BCUT2D eigenvalue weighted by molar-refractivity contribution is 6.04. The number of fused-ring (bicyclic) bond motifs is 1. The average Bonchev–Trinajstić information content (AvgIpc) is 3.30. The van der Waals surface area contributed by atoms with Crippen LogP contribution in [0, 0.1) is 0 Å². The molecule has 0 saturated heterocycles. The van der Waals surface area contributed by atoms with Gasteiger partial charge in [0.15, 0.2) is 5.69 Å². The van der Waals surface area contributed by atoms with E-state index in [4.69, 9.17) is 4.74 Å². The number of ether oxygens (including phenoxy) is 1. The summed E-state index contributed by atoms with van der Waals surface area (Å²) < 4.78 is 6.64. The van der Waals surface area contributed by atoms with Gasteiger partial charge < -0.3 is 20.7 Å². The number of nitrogens with one attached hydrogen (secondary N) is 4. The predicted molar refractivity (Wildman–Crippen MR) is 99.6 cm³/mol. The molecular formula is C17H21N7O3. The lowest BCUT2D eigenvalue weighted by Crippen LogP contribution is -2.36. The van der Waals surface area contributed by atoms with Crippen LogP contribution in [0.5, 0.6) is 0 Å². The fourth-order valence-electron chi connectivity index (χ4n) is 2.48. The molecule has 0 radical (unpaired) electrons. The second-order valence-electron chi connectivity index (χ2n) is 5.74. The molecule has 27 heavy (non-hydrogen) atoms. The van der Waals surface area contributed by atoms with E-state index in [9.17, 15) is 9.59 Å². The minimum Gasteiger partial charge on any atom is -0.383 e. The monoisotopic (exact) mass is 371 g/mol. The van der Waals surface area contributed by atoms with E-state index in [2.05, 4.69) is 31.2 Å². The molecule has 0 aliphatic carbocycles. The number of nitrogens with zero attached hydrogens (tertiary/aromatic N) is 3. The SMILES string of the molecule is COCCn1cc(NC(=O)NCCNC(=O)c2n[nH]c3ccccc23)cn1. The van der Waals surface area contributed by atoms with Gasteiger partial charge in [0, 0.05) is 31.8 Å². The van der Waals surface area contributed by atoms with Crippen molar-refractivity contribution >= 4 is 28.5 Å². The Kier molecular flexibility index (Phi) is 6.00. The molecule has 0 aliphatic rings. The van der Waals surface area contributed by atoms with Gasteiger partial charge in [0.2, 0.25) is 0 Å². The van der Waals surface area contributed by atoms with Crippen molar-refractivity contribution in [2.24, 2.45) is 0 Å². The first-order valence-corrected chi connectivity index (χ1v) is 8.45. The molecule has 0 atom stereocenters. The molecule has 0 spiro atoms. The highest BCUT2D eigenvalue weighted by atomic mass is 16.5. The van der Waals surface area contributed by atoms with E-state index in [1.54, 1.807) is 24.2 Å². The van der Waals surface area contributed by atoms with E-state index >= 15 is 0 Å². The number of para-hydroxylation sites is 1. The Morgan fingerprint density at radius 2 is 2.04 bits per heavy atom. The number of carbonyl (C=O) groups is 2. The summed E-state index contributed by atoms with van der Waals surface area (Å²) in [5, 5.41) is 19.8. The molecule has 0 aliphatic heterocycles. The highest BCUT2D eigenvalue weighted by Crippen LogP contribution is 2.14. The first kappa shape index (κ1) is 18.4. The van der Waals surface area contributed by atoms with Crippen LogP contribution in [0.2, 0.25) is 0 Å². The van der Waals surface area contributed by atoms with Crippen LogP contribution in [0.15, 0.2) is 36.7 Å². The van der Waals surface area contributed by atoms with Gasteiger partial charge in [-0.15, -0.1) is 0 Å². The number of hydrogen-bond donors (Lipinski definition) is 4. The average molecular weight is 371 g/mol. The van der Waals surface area contributed by atoms with Crippen LogP contribution < -0.4 is 16.0 Å². The van der Waals surface area contributed by atoms with Crippen molar-refractivity contribution < 1.29 is 14.3 Å². The van der Waals surface area contributed by atoms with Gasteiger partial charge in [-0.3, -0.25) is 14.6 Å². The van der Waals surface area contributed by atoms with Gasteiger partial charge >= 0.3 is 6.03 Å². The van der Waals surface area contributed by atoms with Crippen molar-refractivity contribution in [3.63, 3.8) is 0 Å². The van der Waals surface area contributed by atoms with E-state index in [-0.39, 0.29) is 25.0 Å². The smallest absolute Gasteiger partial charge is 0.319 e. The van der Waals surface area contributed by atoms with Crippen molar-refractivity contribution in [3.8, 4) is 0 Å². The van der Waals surface area contributed by atoms with Crippen molar-refractivity contribution in [2.75, 3.05) is 32.1 Å². The first-order valence-electron chi connectivity index (χ1n) is 8.45. The molecule has 1 aromatic carbocycles. The van der Waals surface area contributed by atoms with Crippen LogP contribution >= 0.6 is 0 Å². The number of carbonyl (C=O) groups excluding carboxylic acids is 2. The summed E-state index contributed by atoms with van der Waals surface area (Å²) in [6.45, 7) is 1.70. The fraction of sp³-hybridized carbons (Fsp3) is 0.294.